The molecule has 0 aromatic carbocycles. The maximum atomic E-state index is 9.83. The quantitative estimate of drug-likeness (QED) is 0.268. The fraction of sp³-hybridized carbons (Fsp3) is 0.818. The topological polar surface area (TPSA) is 110 Å². The molecule has 1 rings (SSSR count). The zero-order chi connectivity index (χ0) is 21.5. The lowest BCUT2D eigenvalue weighted by molar-refractivity contribution is -0.127. The number of aliphatic hydroxyl groups excluding tert-OH is 5. The molecular weight excluding hydrogens is 360 g/mol. The summed E-state index contributed by atoms with van der Waals surface area (Å²) in [4.78, 5) is 0. The van der Waals surface area contributed by atoms with Crippen molar-refractivity contribution in [2.75, 3.05) is 19.8 Å². The second kappa shape index (κ2) is 11.4. The van der Waals surface area contributed by atoms with Gasteiger partial charge in [-0.3, -0.25) is 0 Å². The van der Waals surface area contributed by atoms with E-state index < -0.39 is 31.0 Å². The third-order valence-electron chi connectivity index (χ3n) is 6.41. The van der Waals surface area contributed by atoms with E-state index in [2.05, 4.69) is 34.6 Å². The Morgan fingerprint density at radius 2 is 1.79 bits per heavy atom. The second-order valence-corrected chi connectivity index (χ2v) is 8.81. The van der Waals surface area contributed by atoms with Crippen LogP contribution in [0.1, 0.15) is 60.3 Å². The first kappa shape index (κ1) is 25.3. The molecule has 6 heteroatoms. The number of ether oxygens (including phenoxy) is 1. The first-order chi connectivity index (χ1) is 13.0. The van der Waals surface area contributed by atoms with Gasteiger partial charge in [-0.15, -0.1) is 0 Å². The molecule has 0 spiro atoms. The molecule has 0 bridgehead atoms. The first-order valence-corrected chi connectivity index (χ1v) is 10.3. The van der Waals surface area contributed by atoms with Crippen molar-refractivity contribution in [3.05, 3.63) is 22.8 Å². The Balaban J connectivity index is 2.43. The molecule has 0 saturated carbocycles. The number of hydrogen-bond donors (Lipinski definition) is 5. The molecule has 0 fully saturated rings. The van der Waals surface area contributed by atoms with Crippen molar-refractivity contribution >= 4 is 0 Å². The minimum absolute atomic E-state index is 0.172. The van der Waals surface area contributed by atoms with Crippen molar-refractivity contribution in [3.8, 4) is 0 Å². The summed E-state index contributed by atoms with van der Waals surface area (Å²) in [5.74, 6) is 0.687. The van der Waals surface area contributed by atoms with Crippen molar-refractivity contribution < 1.29 is 30.3 Å². The van der Waals surface area contributed by atoms with Crippen LogP contribution in [0.25, 0.3) is 0 Å². The highest BCUT2D eigenvalue weighted by Gasteiger charge is 2.34. The summed E-state index contributed by atoms with van der Waals surface area (Å²) < 4.78 is 5.37. The van der Waals surface area contributed by atoms with Gasteiger partial charge in [0.15, 0.2) is 0 Å². The SMILES string of the molecule is CC1=C(CC/C(C)=C/COC[C@H](O)[C@H](O)[C@H](O)[C@H](O)CO)C(C)(C)[C@@H](C)CC1. The average molecular weight is 401 g/mol. The predicted molar refractivity (Wildman–Crippen MR) is 110 cm³/mol. The molecule has 0 amide bonds. The van der Waals surface area contributed by atoms with Gasteiger partial charge in [0.05, 0.1) is 19.8 Å². The minimum atomic E-state index is -1.63. The van der Waals surface area contributed by atoms with Crippen LogP contribution in [0, 0.1) is 11.3 Å². The molecule has 5 N–H and O–H groups in total. The molecule has 0 unspecified atom stereocenters. The largest absolute Gasteiger partial charge is 0.394 e. The molecule has 0 aliphatic heterocycles. The maximum Gasteiger partial charge on any atom is 0.111 e. The van der Waals surface area contributed by atoms with E-state index in [1.807, 2.05) is 6.08 Å². The van der Waals surface area contributed by atoms with E-state index in [1.165, 1.54) is 24.0 Å². The Hall–Kier alpha value is -0.760. The summed E-state index contributed by atoms with van der Waals surface area (Å²) in [5, 5.41) is 47.2. The van der Waals surface area contributed by atoms with E-state index >= 15 is 0 Å². The molecule has 1 aliphatic rings. The Morgan fingerprint density at radius 1 is 1.18 bits per heavy atom. The van der Waals surface area contributed by atoms with E-state index in [-0.39, 0.29) is 12.0 Å². The van der Waals surface area contributed by atoms with Crippen LogP contribution in [0.4, 0.5) is 0 Å². The molecule has 0 heterocycles. The van der Waals surface area contributed by atoms with Gasteiger partial charge in [-0.1, -0.05) is 43.6 Å². The summed E-state index contributed by atoms with van der Waals surface area (Å²) in [7, 11) is 0. The van der Waals surface area contributed by atoms with Crippen LogP contribution < -0.4 is 0 Å². The molecule has 0 aromatic heterocycles. The fourth-order valence-electron chi connectivity index (χ4n) is 3.80. The second-order valence-electron chi connectivity index (χ2n) is 8.81. The van der Waals surface area contributed by atoms with Gasteiger partial charge in [0.25, 0.3) is 0 Å². The molecule has 164 valence electrons. The summed E-state index contributed by atoms with van der Waals surface area (Å²) in [5.41, 5.74) is 4.53. The lowest BCUT2D eigenvalue weighted by Crippen LogP contribution is -2.47. The van der Waals surface area contributed by atoms with Gasteiger partial charge in [0, 0.05) is 0 Å². The fourth-order valence-corrected chi connectivity index (χ4v) is 3.80. The Labute approximate surface area is 169 Å². The zero-order valence-electron chi connectivity index (χ0n) is 18.1. The van der Waals surface area contributed by atoms with Crippen LogP contribution in [0.2, 0.25) is 0 Å². The third-order valence-corrected chi connectivity index (χ3v) is 6.41. The summed E-state index contributed by atoms with van der Waals surface area (Å²) in [6.45, 7) is 10.8. The van der Waals surface area contributed by atoms with Crippen molar-refractivity contribution in [1.29, 1.82) is 0 Å². The number of aliphatic hydroxyl groups is 5. The monoisotopic (exact) mass is 400 g/mol. The minimum Gasteiger partial charge on any atom is -0.394 e. The van der Waals surface area contributed by atoms with Gasteiger partial charge < -0.3 is 30.3 Å². The van der Waals surface area contributed by atoms with Gasteiger partial charge in [-0.2, -0.15) is 0 Å². The van der Waals surface area contributed by atoms with Crippen molar-refractivity contribution in [2.45, 2.75) is 84.7 Å². The molecule has 6 nitrogen and oxygen atoms in total. The Bertz CT molecular complexity index is 539. The van der Waals surface area contributed by atoms with Gasteiger partial charge in [0.1, 0.15) is 24.4 Å². The maximum absolute atomic E-state index is 9.83. The summed E-state index contributed by atoms with van der Waals surface area (Å²) >= 11 is 0. The molecule has 0 aromatic rings. The van der Waals surface area contributed by atoms with Crippen LogP contribution in [0.3, 0.4) is 0 Å². The zero-order valence-corrected chi connectivity index (χ0v) is 18.1. The highest BCUT2D eigenvalue weighted by molar-refractivity contribution is 5.24. The van der Waals surface area contributed by atoms with E-state index in [1.54, 1.807) is 5.57 Å². The van der Waals surface area contributed by atoms with E-state index in [9.17, 15) is 20.4 Å². The van der Waals surface area contributed by atoms with Crippen LogP contribution in [-0.2, 0) is 4.74 Å². The van der Waals surface area contributed by atoms with E-state index in [4.69, 9.17) is 9.84 Å². The molecule has 0 radical (unpaired) electrons. The van der Waals surface area contributed by atoms with Gasteiger partial charge in [-0.25, -0.2) is 0 Å². The van der Waals surface area contributed by atoms with Crippen molar-refractivity contribution in [1.82, 2.24) is 0 Å². The predicted octanol–water partition coefficient (Wildman–Crippen LogP) is 1.94. The smallest absolute Gasteiger partial charge is 0.111 e. The highest BCUT2D eigenvalue weighted by atomic mass is 16.5. The van der Waals surface area contributed by atoms with E-state index in [0.29, 0.717) is 12.5 Å². The lowest BCUT2D eigenvalue weighted by atomic mass is 9.65. The number of rotatable bonds is 11. The average Bonchev–Trinajstić information content (AvgIpc) is 2.66. The van der Waals surface area contributed by atoms with Gasteiger partial charge in [0.2, 0.25) is 0 Å². The number of allylic oxidation sites excluding steroid dienone is 3. The van der Waals surface area contributed by atoms with E-state index in [0.717, 1.165) is 12.8 Å². The Kier molecular flexibility index (Phi) is 10.3. The van der Waals surface area contributed by atoms with Gasteiger partial charge in [-0.05, 0) is 50.9 Å². The van der Waals surface area contributed by atoms with Gasteiger partial charge >= 0.3 is 0 Å². The molecular formula is C22H40O6. The molecule has 5 atom stereocenters. The first-order valence-electron chi connectivity index (χ1n) is 10.3. The van der Waals surface area contributed by atoms with Crippen LogP contribution in [-0.4, -0.2) is 69.8 Å². The lowest BCUT2D eigenvalue weighted by Gasteiger charge is -2.40. The standard InChI is InChI=1S/C22H40O6/c1-14(6-9-17-15(2)7-8-16(3)22(17,4)5)10-11-28-13-19(25)21(27)20(26)18(24)12-23/h10,16,18-21,23-27H,6-9,11-13H2,1-5H3/b14-10+/t16-,18+,19-,20+,21-/m0/s1. The van der Waals surface area contributed by atoms with Crippen molar-refractivity contribution in [2.24, 2.45) is 11.3 Å². The summed E-state index contributed by atoms with van der Waals surface area (Å²) in [6.07, 6.45) is 0.339. The van der Waals surface area contributed by atoms with Crippen LogP contribution in [0.15, 0.2) is 22.8 Å². The molecule has 28 heavy (non-hydrogen) atoms. The number of hydrogen-bond acceptors (Lipinski definition) is 6. The molecule has 1 aliphatic carbocycles. The Morgan fingerprint density at radius 3 is 2.39 bits per heavy atom. The van der Waals surface area contributed by atoms with Crippen molar-refractivity contribution in [3.63, 3.8) is 0 Å². The van der Waals surface area contributed by atoms with Crippen LogP contribution in [0.5, 0.6) is 0 Å². The summed E-state index contributed by atoms with van der Waals surface area (Å²) in [6, 6.07) is 0. The normalized spacial score (nSPS) is 24.8. The third kappa shape index (κ3) is 6.94. The molecule has 0 saturated heterocycles. The highest BCUT2D eigenvalue weighted by Crippen LogP contribution is 2.46. The van der Waals surface area contributed by atoms with Crippen LogP contribution >= 0.6 is 0 Å².